The standard InChI is InChI=1S/C25H33FN2O3/c1-2-3-4-5-6-9-24(29)28(22-14-15-22)19-25(30)27(18-23-8-7-16-31-23)17-20-10-12-21(26)13-11-20/h7-8,10-13,16,22H,2-6,9,14-15,17-19H2,1H3. The van der Waals surface area contributed by atoms with Crippen molar-refractivity contribution in [3.63, 3.8) is 0 Å². The van der Waals surface area contributed by atoms with Gasteiger partial charge in [-0.2, -0.15) is 0 Å². The first-order valence-electron chi connectivity index (χ1n) is 11.4. The van der Waals surface area contributed by atoms with Crippen molar-refractivity contribution in [2.75, 3.05) is 6.54 Å². The first kappa shape index (κ1) is 23.0. The Morgan fingerprint density at radius 3 is 2.39 bits per heavy atom. The summed E-state index contributed by atoms with van der Waals surface area (Å²) in [5.74, 6) is 0.326. The van der Waals surface area contributed by atoms with Crippen molar-refractivity contribution >= 4 is 11.8 Å². The molecule has 0 radical (unpaired) electrons. The summed E-state index contributed by atoms with van der Waals surface area (Å²) in [6.45, 7) is 2.91. The first-order chi connectivity index (χ1) is 15.1. The summed E-state index contributed by atoms with van der Waals surface area (Å²) in [5.41, 5.74) is 0.835. The molecule has 168 valence electrons. The number of hydrogen-bond acceptors (Lipinski definition) is 3. The number of amides is 2. The predicted octanol–water partition coefficient (Wildman–Crippen LogP) is 5.30. The van der Waals surface area contributed by atoms with Crippen LogP contribution in [0.5, 0.6) is 0 Å². The van der Waals surface area contributed by atoms with E-state index in [2.05, 4.69) is 6.92 Å². The van der Waals surface area contributed by atoms with E-state index in [1.165, 1.54) is 25.0 Å². The van der Waals surface area contributed by atoms with Gasteiger partial charge in [-0.25, -0.2) is 4.39 Å². The van der Waals surface area contributed by atoms with Gasteiger partial charge < -0.3 is 14.2 Å². The normalized spacial score (nSPS) is 13.2. The van der Waals surface area contributed by atoms with Crippen LogP contribution in [0.3, 0.4) is 0 Å². The third-order valence-electron chi connectivity index (χ3n) is 5.67. The molecule has 0 N–H and O–H groups in total. The van der Waals surface area contributed by atoms with E-state index in [9.17, 15) is 14.0 Å². The van der Waals surface area contributed by atoms with Crippen molar-refractivity contribution in [1.29, 1.82) is 0 Å². The maximum atomic E-state index is 13.3. The molecule has 0 saturated heterocycles. The van der Waals surface area contributed by atoms with Crippen LogP contribution < -0.4 is 0 Å². The van der Waals surface area contributed by atoms with Crippen molar-refractivity contribution in [3.8, 4) is 0 Å². The summed E-state index contributed by atoms with van der Waals surface area (Å²) in [5, 5.41) is 0. The van der Waals surface area contributed by atoms with Gasteiger partial charge in [-0.15, -0.1) is 0 Å². The molecule has 31 heavy (non-hydrogen) atoms. The summed E-state index contributed by atoms with van der Waals surface area (Å²) in [4.78, 5) is 29.5. The van der Waals surface area contributed by atoms with Crippen LogP contribution >= 0.6 is 0 Å². The molecular weight excluding hydrogens is 395 g/mol. The Morgan fingerprint density at radius 1 is 1.00 bits per heavy atom. The van der Waals surface area contributed by atoms with Gasteiger partial charge in [0.25, 0.3) is 0 Å². The lowest BCUT2D eigenvalue weighted by Crippen LogP contribution is -2.43. The lowest BCUT2D eigenvalue weighted by Gasteiger charge is -2.27. The van der Waals surface area contributed by atoms with E-state index in [0.717, 1.165) is 37.7 Å². The summed E-state index contributed by atoms with van der Waals surface area (Å²) in [6, 6.07) is 9.94. The molecule has 1 aromatic carbocycles. The Bertz CT molecular complexity index is 816. The minimum absolute atomic E-state index is 0.0760. The van der Waals surface area contributed by atoms with Crippen LogP contribution in [-0.2, 0) is 22.7 Å². The van der Waals surface area contributed by atoms with Crippen LogP contribution in [-0.4, -0.2) is 34.2 Å². The van der Waals surface area contributed by atoms with Gasteiger partial charge in [-0.3, -0.25) is 9.59 Å². The van der Waals surface area contributed by atoms with Gasteiger partial charge in [0.2, 0.25) is 11.8 Å². The molecule has 1 aliphatic rings. The zero-order chi connectivity index (χ0) is 22.1. The van der Waals surface area contributed by atoms with Crippen LogP contribution in [0.4, 0.5) is 4.39 Å². The van der Waals surface area contributed by atoms with Gasteiger partial charge in [-0.05, 0) is 49.1 Å². The van der Waals surface area contributed by atoms with E-state index in [1.54, 1.807) is 34.3 Å². The summed E-state index contributed by atoms with van der Waals surface area (Å²) < 4.78 is 18.7. The highest BCUT2D eigenvalue weighted by Crippen LogP contribution is 2.28. The second-order valence-electron chi connectivity index (χ2n) is 8.37. The Balaban J connectivity index is 1.62. The molecule has 0 aliphatic heterocycles. The van der Waals surface area contributed by atoms with Crippen LogP contribution in [0.1, 0.15) is 69.6 Å². The van der Waals surface area contributed by atoms with E-state index in [4.69, 9.17) is 4.42 Å². The van der Waals surface area contributed by atoms with Crippen LogP contribution in [0, 0.1) is 5.82 Å². The van der Waals surface area contributed by atoms with Crippen LogP contribution in [0.25, 0.3) is 0 Å². The molecule has 1 aromatic heterocycles. The van der Waals surface area contributed by atoms with Crippen molar-refractivity contribution in [2.24, 2.45) is 0 Å². The van der Waals surface area contributed by atoms with Gasteiger partial charge in [0, 0.05) is 19.0 Å². The number of rotatable bonds is 13. The topological polar surface area (TPSA) is 53.8 Å². The number of carbonyl (C=O) groups excluding carboxylic acids is 2. The highest BCUT2D eigenvalue weighted by molar-refractivity contribution is 5.85. The fourth-order valence-corrected chi connectivity index (χ4v) is 3.71. The molecule has 1 fully saturated rings. The number of benzene rings is 1. The number of halogens is 1. The molecule has 5 nitrogen and oxygen atoms in total. The smallest absolute Gasteiger partial charge is 0.242 e. The van der Waals surface area contributed by atoms with Crippen molar-refractivity contribution in [3.05, 3.63) is 59.8 Å². The van der Waals surface area contributed by atoms with Gasteiger partial charge in [0.05, 0.1) is 12.8 Å². The van der Waals surface area contributed by atoms with Crippen molar-refractivity contribution < 1.29 is 18.4 Å². The molecule has 2 amide bonds. The largest absolute Gasteiger partial charge is 0.467 e. The van der Waals surface area contributed by atoms with Gasteiger partial charge >= 0.3 is 0 Å². The van der Waals surface area contributed by atoms with Crippen LogP contribution in [0.15, 0.2) is 47.1 Å². The minimum atomic E-state index is -0.308. The summed E-state index contributed by atoms with van der Waals surface area (Å²) in [7, 11) is 0. The molecule has 1 saturated carbocycles. The molecule has 3 rings (SSSR count). The fraction of sp³-hybridized carbons (Fsp3) is 0.520. The number of carbonyl (C=O) groups is 2. The third kappa shape index (κ3) is 7.53. The van der Waals surface area contributed by atoms with Gasteiger partial charge in [0.1, 0.15) is 18.1 Å². The fourth-order valence-electron chi connectivity index (χ4n) is 3.71. The average molecular weight is 429 g/mol. The second kappa shape index (κ2) is 11.7. The minimum Gasteiger partial charge on any atom is -0.467 e. The van der Waals surface area contributed by atoms with E-state index < -0.39 is 0 Å². The number of hydrogen-bond donors (Lipinski definition) is 0. The molecule has 0 spiro atoms. The predicted molar refractivity (Wildman–Crippen MR) is 117 cm³/mol. The van der Waals surface area contributed by atoms with E-state index >= 15 is 0 Å². The zero-order valence-electron chi connectivity index (χ0n) is 18.4. The lowest BCUT2D eigenvalue weighted by molar-refractivity contribution is -0.142. The van der Waals surface area contributed by atoms with E-state index in [1.807, 2.05) is 6.07 Å². The Kier molecular flexibility index (Phi) is 8.68. The third-order valence-corrected chi connectivity index (χ3v) is 5.67. The Labute approximate surface area is 184 Å². The Morgan fingerprint density at radius 2 is 1.74 bits per heavy atom. The highest BCUT2D eigenvalue weighted by atomic mass is 19.1. The van der Waals surface area contributed by atoms with Crippen molar-refractivity contribution in [1.82, 2.24) is 9.80 Å². The SMILES string of the molecule is CCCCCCCC(=O)N(CC(=O)N(Cc1ccc(F)cc1)Cc1ccco1)C1CC1. The number of nitrogens with zero attached hydrogens (tertiary/aromatic N) is 2. The molecular formula is C25H33FN2O3. The van der Waals surface area contributed by atoms with Crippen LogP contribution in [0.2, 0.25) is 0 Å². The van der Waals surface area contributed by atoms with E-state index in [0.29, 0.717) is 25.3 Å². The highest BCUT2D eigenvalue weighted by Gasteiger charge is 2.34. The maximum Gasteiger partial charge on any atom is 0.242 e. The Hall–Kier alpha value is -2.63. The molecule has 1 heterocycles. The molecule has 0 bridgehead atoms. The second-order valence-corrected chi connectivity index (χ2v) is 8.37. The molecule has 1 aliphatic carbocycles. The molecule has 6 heteroatoms. The summed E-state index contributed by atoms with van der Waals surface area (Å²) in [6.07, 6.45) is 9.47. The lowest BCUT2D eigenvalue weighted by atomic mass is 10.1. The van der Waals surface area contributed by atoms with Gasteiger partial charge in [0.15, 0.2) is 0 Å². The first-order valence-corrected chi connectivity index (χ1v) is 11.4. The van der Waals surface area contributed by atoms with Gasteiger partial charge in [-0.1, -0.05) is 44.7 Å². The monoisotopic (exact) mass is 428 g/mol. The number of unbranched alkanes of at least 4 members (excludes halogenated alkanes) is 4. The molecule has 2 aromatic rings. The average Bonchev–Trinajstić information content (AvgIpc) is 3.48. The van der Waals surface area contributed by atoms with E-state index in [-0.39, 0.29) is 30.2 Å². The quantitative estimate of drug-likeness (QED) is 0.407. The number of furan rings is 1. The molecule has 0 atom stereocenters. The maximum absolute atomic E-state index is 13.3. The zero-order valence-corrected chi connectivity index (χ0v) is 18.4. The summed E-state index contributed by atoms with van der Waals surface area (Å²) >= 11 is 0. The van der Waals surface area contributed by atoms with Crippen molar-refractivity contribution in [2.45, 2.75) is 77.4 Å². The molecule has 0 unspecified atom stereocenters.